The van der Waals surface area contributed by atoms with Crippen molar-refractivity contribution in [3.63, 3.8) is 0 Å². The second-order valence-electron chi connectivity index (χ2n) is 6.23. The molecular formula is C18H23N5O3. The van der Waals surface area contributed by atoms with Gasteiger partial charge in [-0.2, -0.15) is 10.1 Å². The van der Waals surface area contributed by atoms with Crippen LogP contribution in [0.2, 0.25) is 0 Å². The molecule has 0 aromatic carbocycles. The third kappa shape index (κ3) is 4.25. The summed E-state index contributed by atoms with van der Waals surface area (Å²) in [5.74, 6) is -0.465. The molecule has 3 rings (SSSR count). The van der Waals surface area contributed by atoms with Gasteiger partial charge >= 0.3 is 5.97 Å². The molecule has 2 aromatic heterocycles. The summed E-state index contributed by atoms with van der Waals surface area (Å²) < 4.78 is 6.64. The molecule has 0 saturated heterocycles. The second kappa shape index (κ2) is 8.55. The second-order valence-corrected chi connectivity index (χ2v) is 6.23. The van der Waals surface area contributed by atoms with E-state index in [2.05, 4.69) is 26.5 Å². The third-order valence-electron chi connectivity index (χ3n) is 4.45. The Labute approximate surface area is 151 Å². The molecule has 0 radical (unpaired) electrons. The highest BCUT2D eigenvalue weighted by Gasteiger charge is 2.18. The van der Waals surface area contributed by atoms with Crippen molar-refractivity contribution >= 4 is 17.7 Å². The van der Waals surface area contributed by atoms with E-state index in [0.717, 1.165) is 19.3 Å². The number of nitrogens with one attached hydrogen (secondary N) is 1. The highest BCUT2D eigenvalue weighted by atomic mass is 16.5. The number of fused-ring (bicyclic) bond motifs is 1. The fourth-order valence-corrected chi connectivity index (χ4v) is 3.09. The zero-order valence-electron chi connectivity index (χ0n) is 14.9. The van der Waals surface area contributed by atoms with E-state index in [0.29, 0.717) is 30.0 Å². The van der Waals surface area contributed by atoms with Gasteiger partial charge in [0.1, 0.15) is 6.33 Å². The molecule has 1 N–H and O–H groups in total. The average molecular weight is 357 g/mol. The van der Waals surface area contributed by atoms with E-state index in [1.165, 1.54) is 35.5 Å². The molecule has 1 amide bonds. The van der Waals surface area contributed by atoms with Gasteiger partial charge < -0.3 is 10.1 Å². The number of hydrogen-bond donors (Lipinski definition) is 1. The maximum Gasteiger partial charge on any atom is 0.342 e. The van der Waals surface area contributed by atoms with Gasteiger partial charge in [-0.3, -0.25) is 4.79 Å². The summed E-state index contributed by atoms with van der Waals surface area (Å²) in [7, 11) is 0. The Hall–Kier alpha value is -2.77. The molecule has 0 aliphatic heterocycles. The van der Waals surface area contributed by atoms with E-state index in [1.807, 2.05) is 6.92 Å². The molecule has 1 aliphatic carbocycles. The Bertz CT molecular complexity index is 827. The van der Waals surface area contributed by atoms with Crippen LogP contribution in [-0.2, 0) is 16.0 Å². The van der Waals surface area contributed by atoms with E-state index in [4.69, 9.17) is 4.74 Å². The van der Waals surface area contributed by atoms with Crippen molar-refractivity contribution in [3.8, 4) is 0 Å². The number of aromatic nitrogens is 4. The van der Waals surface area contributed by atoms with E-state index in [9.17, 15) is 9.59 Å². The van der Waals surface area contributed by atoms with Crippen LogP contribution < -0.4 is 5.32 Å². The van der Waals surface area contributed by atoms with E-state index < -0.39 is 5.97 Å². The van der Waals surface area contributed by atoms with Gasteiger partial charge in [-0.05, 0) is 38.5 Å². The van der Waals surface area contributed by atoms with Gasteiger partial charge in [0, 0.05) is 12.7 Å². The third-order valence-corrected chi connectivity index (χ3v) is 4.45. The van der Waals surface area contributed by atoms with Crippen LogP contribution in [0.3, 0.4) is 0 Å². The van der Waals surface area contributed by atoms with Gasteiger partial charge in [0.15, 0.2) is 6.61 Å². The molecule has 26 heavy (non-hydrogen) atoms. The summed E-state index contributed by atoms with van der Waals surface area (Å²) in [6.07, 6.45) is 11.2. The number of hydrogen-bond acceptors (Lipinski definition) is 6. The van der Waals surface area contributed by atoms with E-state index >= 15 is 0 Å². The fraction of sp³-hybridized carbons (Fsp3) is 0.500. The minimum atomic E-state index is -0.586. The Balaban J connectivity index is 1.50. The smallest absolute Gasteiger partial charge is 0.342 e. The van der Waals surface area contributed by atoms with E-state index in [1.54, 1.807) is 0 Å². The Morgan fingerprint density at radius 3 is 2.96 bits per heavy atom. The first-order valence-corrected chi connectivity index (χ1v) is 8.98. The lowest BCUT2D eigenvalue weighted by atomic mass is 9.97. The molecule has 0 saturated carbocycles. The van der Waals surface area contributed by atoms with Crippen molar-refractivity contribution in [2.45, 2.75) is 45.4 Å². The van der Waals surface area contributed by atoms with Gasteiger partial charge in [-0.1, -0.05) is 18.6 Å². The zero-order valence-corrected chi connectivity index (χ0v) is 14.9. The highest BCUT2D eigenvalue weighted by molar-refractivity contribution is 5.92. The van der Waals surface area contributed by atoms with Crippen molar-refractivity contribution in [2.24, 2.45) is 0 Å². The first kappa shape index (κ1) is 18.0. The van der Waals surface area contributed by atoms with Gasteiger partial charge in [0.25, 0.3) is 11.7 Å². The van der Waals surface area contributed by atoms with Crippen LogP contribution in [0.4, 0.5) is 0 Å². The Kier molecular flexibility index (Phi) is 5.93. The molecule has 0 unspecified atom stereocenters. The maximum absolute atomic E-state index is 12.3. The summed E-state index contributed by atoms with van der Waals surface area (Å²) in [6, 6.07) is 0. The lowest BCUT2D eigenvalue weighted by Crippen LogP contribution is -2.30. The van der Waals surface area contributed by atoms with Crippen LogP contribution in [0.15, 0.2) is 24.2 Å². The lowest BCUT2D eigenvalue weighted by molar-refractivity contribution is -0.124. The number of aryl methyl sites for hydroxylation is 1. The lowest BCUT2D eigenvalue weighted by Gasteiger charge is -2.13. The maximum atomic E-state index is 12.3. The SMILES string of the molecule is CCc1c(C(=O)OCC(=O)NCCC2=CCCCC2)cnc2ncnn12. The summed E-state index contributed by atoms with van der Waals surface area (Å²) in [5.41, 5.74) is 2.35. The number of rotatable bonds is 7. The summed E-state index contributed by atoms with van der Waals surface area (Å²) >= 11 is 0. The topological polar surface area (TPSA) is 98.5 Å². The quantitative estimate of drug-likeness (QED) is 0.600. The van der Waals surface area contributed by atoms with Crippen molar-refractivity contribution < 1.29 is 14.3 Å². The molecule has 2 aromatic rings. The van der Waals surface area contributed by atoms with Crippen LogP contribution in [0.25, 0.3) is 5.78 Å². The number of carbonyl (C=O) groups is 2. The molecule has 0 bridgehead atoms. The molecule has 0 atom stereocenters. The number of carbonyl (C=O) groups excluding carboxylic acids is 2. The van der Waals surface area contributed by atoms with Crippen LogP contribution in [0.1, 0.15) is 55.1 Å². The number of ether oxygens (including phenoxy) is 1. The van der Waals surface area contributed by atoms with Gasteiger partial charge in [-0.25, -0.2) is 14.3 Å². The molecule has 0 spiro atoms. The highest BCUT2D eigenvalue weighted by Crippen LogP contribution is 2.19. The zero-order chi connectivity index (χ0) is 18.4. The largest absolute Gasteiger partial charge is 0.452 e. The number of allylic oxidation sites excluding steroid dienone is 1. The Morgan fingerprint density at radius 2 is 2.19 bits per heavy atom. The fourth-order valence-electron chi connectivity index (χ4n) is 3.09. The summed E-state index contributed by atoms with van der Waals surface area (Å²) in [4.78, 5) is 32.3. The first-order chi connectivity index (χ1) is 12.7. The number of nitrogens with zero attached hydrogens (tertiary/aromatic N) is 4. The molecule has 1 aliphatic rings. The molecule has 8 nitrogen and oxygen atoms in total. The first-order valence-electron chi connectivity index (χ1n) is 8.98. The van der Waals surface area contributed by atoms with Crippen LogP contribution in [0.5, 0.6) is 0 Å². The van der Waals surface area contributed by atoms with Crippen molar-refractivity contribution in [2.75, 3.05) is 13.2 Å². The number of esters is 1. The molecule has 0 fully saturated rings. The number of amides is 1. The van der Waals surface area contributed by atoms with Gasteiger partial charge in [0.05, 0.1) is 11.3 Å². The molecule has 8 heteroatoms. The monoisotopic (exact) mass is 357 g/mol. The van der Waals surface area contributed by atoms with Crippen molar-refractivity contribution in [1.82, 2.24) is 24.9 Å². The molecular weight excluding hydrogens is 334 g/mol. The predicted octanol–water partition coefficient (Wildman–Crippen LogP) is 1.85. The Morgan fingerprint density at radius 1 is 1.31 bits per heavy atom. The van der Waals surface area contributed by atoms with Crippen molar-refractivity contribution in [1.29, 1.82) is 0 Å². The summed E-state index contributed by atoms with van der Waals surface area (Å²) in [6.45, 7) is 2.16. The standard InChI is InChI=1S/C18H23N5O3/c1-2-15-14(10-20-18-21-12-22-23(15)18)17(25)26-11-16(24)19-9-8-13-6-4-3-5-7-13/h6,10,12H,2-5,7-9,11H2,1H3,(H,19,24). The predicted molar refractivity (Wildman–Crippen MR) is 94.6 cm³/mol. The summed E-state index contributed by atoms with van der Waals surface area (Å²) in [5, 5.41) is 6.85. The van der Waals surface area contributed by atoms with Gasteiger partial charge in [0.2, 0.25) is 0 Å². The molecule has 138 valence electrons. The minimum Gasteiger partial charge on any atom is -0.452 e. The normalized spacial score (nSPS) is 14.1. The van der Waals surface area contributed by atoms with Crippen LogP contribution >= 0.6 is 0 Å². The molecule has 2 heterocycles. The average Bonchev–Trinajstić information content (AvgIpc) is 3.15. The van der Waals surface area contributed by atoms with E-state index in [-0.39, 0.29) is 12.5 Å². The minimum absolute atomic E-state index is 0.297. The van der Waals surface area contributed by atoms with Crippen LogP contribution in [0, 0.1) is 0 Å². The van der Waals surface area contributed by atoms with Crippen LogP contribution in [-0.4, -0.2) is 44.6 Å². The van der Waals surface area contributed by atoms with Crippen molar-refractivity contribution in [3.05, 3.63) is 35.4 Å². The van der Waals surface area contributed by atoms with Gasteiger partial charge in [-0.15, -0.1) is 0 Å².